The summed E-state index contributed by atoms with van der Waals surface area (Å²) in [4.78, 5) is 11.8. The Bertz CT molecular complexity index is 681. The molecule has 122 valence electrons. The zero-order valence-corrected chi connectivity index (χ0v) is 13.8. The van der Waals surface area contributed by atoms with Gasteiger partial charge in [0.2, 0.25) is 0 Å². The topological polar surface area (TPSA) is 38.3 Å². The molecule has 0 aliphatic carbocycles. The first-order valence-corrected chi connectivity index (χ1v) is 7.67. The minimum absolute atomic E-state index is 0.00679. The molecule has 23 heavy (non-hydrogen) atoms. The van der Waals surface area contributed by atoms with E-state index >= 15 is 0 Å². The van der Waals surface area contributed by atoms with Gasteiger partial charge in [0.05, 0.1) is 0 Å². The highest BCUT2D eigenvalue weighted by molar-refractivity contribution is 5.77. The van der Waals surface area contributed by atoms with Crippen LogP contribution in [0.5, 0.6) is 5.75 Å². The Balaban J connectivity index is 1.78. The van der Waals surface area contributed by atoms with Crippen LogP contribution >= 0.6 is 0 Å². The number of benzene rings is 2. The van der Waals surface area contributed by atoms with Gasteiger partial charge < -0.3 is 10.1 Å². The predicted molar refractivity (Wildman–Crippen MR) is 89.3 cm³/mol. The monoisotopic (exact) mass is 315 g/mol. The van der Waals surface area contributed by atoms with Crippen molar-refractivity contribution in [3.63, 3.8) is 0 Å². The van der Waals surface area contributed by atoms with Gasteiger partial charge in [0.15, 0.2) is 6.61 Å². The minimum Gasteiger partial charge on any atom is -0.483 e. The summed E-state index contributed by atoms with van der Waals surface area (Å²) < 4.78 is 18.4. The molecule has 0 saturated carbocycles. The second-order valence-corrected chi connectivity index (χ2v) is 5.72. The number of halogens is 1. The molecule has 2 aromatic carbocycles. The molecule has 0 aromatic heterocycles. The van der Waals surface area contributed by atoms with Gasteiger partial charge in [-0.15, -0.1) is 0 Å². The fourth-order valence-electron chi connectivity index (χ4n) is 2.34. The maximum Gasteiger partial charge on any atom is 0.257 e. The van der Waals surface area contributed by atoms with Crippen molar-refractivity contribution in [1.82, 2.24) is 5.32 Å². The summed E-state index contributed by atoms with van der Waals surface area (Å²) in [6, 6.07) is 10.3. The average molecular weight is 315 g/mol. The van der Waals surface area contributed by atoms with Gasteiger partial charge in [0.25, 0.3) is 5.91 Å². The molecule has 0 saturated heterocycles. The minimum atomic E-state index is -0.255. The number of rotatable bonds is 6. The van der Waals surface area contributed by atoms with Gasteiger partial charge >= 0.3 is 0 Å². The Morgan fingerprint density at radius 1 is 1.13 bits per heavy atom. The Morgan fingerprint density at radius 2 is 1.83 bits per heavy atom. The maximum atomic E-state index is 12.8. The van der Waals surface area contributed by atoms with Gasteiger partial charge in [-0.25, -0.2) is 4.39 Å². The molecule has 0 aliphatic heterocycles. The van der Waals surface area contributed by atoms with Crippen LogP contribution in [-0.2, 0) is 11.2 Å². The lowest BCUT2D eigenvalue weighted by molar-refractivity contribution is -0.123. The Kier molecular flexibility index (Phi) is 5.74. The van der Waals surface area contributed by atoms with E-state index in [9.17, 15) is 9.18 Å². The SMILES string of the molecule is Cc1cc(C)c(C)c(OCC(=O)NCCc2ccc(F)cc2)c1. The molecule has 0 heterocycles. The molecule has 0 bridgehead atoms. The number of carbonyl (C=O) groups is 1. The van der Waals surface area contributed by atoms with Gasteiger partial charge in [-0.3, -0.25) is 4.79 Å². The highest BCUT2D eigenvalue weighted by atomic mass is 19.1. The third-order valence-corrected chi connectivity index (χ3v) is 3.77. The van der Waals surface area contributed by atoms with Gasteiger partial charge in [-0.05, 0) is 67.6 Å². The summed E-state index contributed by atoms with van der Waals surface area (Å²) in [6.07, 6.45) is 0.661. The van der Waals surface area contributed by atoms with E-state index < -0.39 is 0 Å². The fraction of sp³-hybridized carbons (Fsp3) is 0.316. The fourth-order valence-corrected chi connectivity index (χ4v) is 2.34. The van der Waals surface area contributed by atoms with E-state index in [1.807, 2.05) is 26.8 Å². The number of hydrogen-bond acceptors (Lipinski definition) is 2. The molecular weight excluding hydrogens is 293 g/mol. The van der Waals surface area contributed by atoms with Crippen molar-refractivity contribution in [2.45, 2.75) is 27.2 Å². The maximum absolute atomic E-state index is 12.8. The summed E-state index contributed by atoms with van der Waals surface area (Å²) in [6.45, 7) is 6.50. The Labute approximate surface area is 136 Å². The molecule has 2 aromatic rings. The summed E-state index contributed by atoms with van der Waals surface area (Å²) in [5.74, 6) is 0.330. The molecule has 0 radical (unpaired) electrons. The van der Waals surface area contributed by atoms with Gasteiger partial charge in [-0.1, -0.05) is 18.2 Å². The third-order valence-electron chi connectivity index (χ3n) is 3.77. The van der Waals surface area contributed by atoms with Crippen molar-refractivity contribution in [2.24, 2.45) is 0 Å². The lowest BCUT2D eigenvalue weighted by atomic mass is 10.1. The zero-order valence-electron chi connectivity index (χ0n) is 13.8. The molecule has 0 aliphatic rings. The largest absolute Gasteiger partial charge is 0.483 e. The van der Waals surface area contributed by atoms with Gasteiger partial charge in [0.1, 0.15) is 11.6 Å². The molecule has 0 unspecified atom stereocenters. The molecule has 1 amide bonds. The average Bonchev–Trinajstić information content (AvgIpc) is 2.51. The lowest BCUT2D eigenvalue weighted by Crippen LogP contribution is -2.30. The van der Waals surface area contributed by atoms with Crippen LogP contribution < -0.4 is 10.1 Å². The molecule has 3 nitrogen and oxygen atoms in total. The number of amides is 1. The van der Waals surface area contributed by atoms with Gasteiger partial charge in [0, 0.05) is 6.54 Å². The molecule has 0 fully saturated rings. The molecule has 1 N–H and O–H groups in total. The van der Waals surface area contributed by atoms with Crippen molar-refractivity contribution < 1.29 is 13.9 Å². The highest BCUT2D eigenvalue weighted by Gasteiger charge is 2.07. The van der Waals surface area contributed by atoms with Crippen molar-refractivity contribution >= 4 is 5.91 Å². The van der Waals surface area contributed by atoms with Crippen molar-refractivity contribution in [3.05, 3.63) is 64.5 Å². The van der Waals surface area contributed by atoms with Crippen LogP contribution in [0.15, 0.2) is 36.4 Å². The molecule has 2 rings (SSSR count). The van der Waals surface area contributed by atoms with Crippen molar-refractivity contribution in [1.29, 1.82) is 0 Å². The second kappa shape index (κ2) is 7.77. The number of ether oxygens (including phenoxy) is 1. The molecule has 0 spiro atoms. The third kappa shape index (κ3) is 5.09. The number of aryl methyl sites for hydroxylation is 2. The quantitative estimate of drug-likeness (QED) is 0.886. The first-order chi connectivity index (χ1) is 11.0. The first kappa shape index (κ1) is 17.0. The number of nitrogens with one attached hydrogen (secondary N) is 1. The number of carbonyl (C=O) groups excluding carboxylic acids is 1. The first-order valence-electron chi connectivity index (χ1n) is 7.67. The molecule has 0 atom stereocenters. The van der Waals surface area contributed by atoms with E-state index in [0.717, 1.165) is 28.0 Å². The predicted octanol–water partition coefficient (Wildman–Crippen LogP) is 3.49. The van der Waals surface area contributed by atoms with E-state index in [2.05, 4.69) is 11.4 Å². The van der Waals surface area contributed by atoms with Crippen molar-refractivity contribution in [2.75, 3.05) is 13.2 Å². The smallest absolute Gasteiger partial charge is 0.257 e. The van der Waals surface area contributed by atoms with Crippen LogP contribution in [0.4, 0.5) is 4.39 Å². The van der Waals surface area contributed by atoms with Gasteiger partial charge in [-0.2, -0.15) is 0 Å². The van der Waals surface area contributed by atoms with Crippen LogP contribution in [0.3, 0.4) is 0 Å². The van der Waals surface area contributed by atoms with E-state index in [-0.39, 0.29) is 18.3 Å². The Hall–Kier alpha value is -2.36. The summed E-state index contributed by atoms with van der Waals surface area (Å²) in [5.41, 5.74) is 4.30. The second-order valence-electron chi connectivity index (χ2n) is 5.72. The number of hydrogen-bond donors (Lipinski definition) is 1. The summed E-state index contributed by atoms with van der Waals surface area (Å²) >= 11 is 0. The Morgan fingerprint density at radius 3 is 2.52 bits per heavy atom. The summed E-state index contributed by atoms with van der Waals surface area (Å²) in [7, 11) is 0. The standard InChI is InChI=1S/C19H22FNO2/c1-13-10-14(2)15(3)18(11-13)23-12-19(22)21-9-8-16-4-6-17(20)7-5-16/h4-7,10-11H,8-9,12H2,1-3H3,(H,21,22). The van der Waals surface area contributed by atoms with E-state index in [1.54, 1.807) is 12.1 Å². The van der Waals surface area contributed by atoms with E-state index in [0.29, 0.717) is 13.0 Å². The highest BCUT2D eigenvalue weighted by Crippen LogP contribution is 2.23. The normalized spacial score (nSPS) is 10.4. The van der Waals surface area contributed by atoms with E-state index in [1.165, 1.54) is 12.1 Å². The van der Waals surface area contributed by atoms with Crippen LogP contribution in [0, 0.1) is 26.6 Å². The lowest BCUT2D eigenvalue weighted by Gasteiger charge is -2.12. The van der Waals surface area contributed by atoms with Crippen molar-refractivity contribution in [3.8, 4) is 5.75 Å². The van der Waals surface area contributed by atoms with Crippen LogP contribution in [0.25, 0.3) is 0 Å². The van der Waals surface area contributed by atoms with E-state index in [4.69, 9.17) is 4.74 Å². The summed E-state index contributed by atoms with van der Waals surface area (Å²) in [5, 5.41) is 2.81. The van der Waals surface area contributed by atoms with Crippen LogP contribution in [0.2, 0.25) is 0 Å². The zero-order chi connectivity index (χ0) is 16.8. The molecular formula is C19H22FNO2. The van der Waals surface area contributed by atoms with Crippen LogP contribution in [0.1, 0.15) is 22.3 Å². The van der Waals surface area contributed by atoms with Crippen LogP contribution in [-0.4, -0.2) is 19.1 Å². The molecule has 4 heteroatoms.